The van der Waals surface area contributed by atoms with Crippen molar-refractivity contribution in [1.82, 2.24) is 14.8 Å². The van der Waals surface area contributed by atoms with Crippen LogP contribution in [0.25, 0.3) is 10.9 Å². The number of halogens is 1. The van der Waals surface area contributed by atoms with E-state index in [4.69, 9.17) is 16.7 Å². The van der Waals surface area contributed by atoms with Crippen LogP contribution in [-0.2, 0) is 16.0 Å². The second-order valence-corrected chi connectivity index (χ2v) is 8.31. The number of H-pyrrole nitrogens is 1. The Bertz CT molecular complexity index is 1140. The largest absolute Gasteiger partial charge is 0.396 e. The highest BCUT2D eigenvalue weighted by Crippen LogP contribution is 2.42. The number of fused-ring (bicyclic) bond motifs is 4. The molecule has 3 aromatic rings. The molecular weight excluding hydrogens is 402 g/mol. The normalized spacial score (nSPS) is 21.1. The number of benzene rings is 2. The molecule has 1 fully saturated rings. The summed E-state index contributed by atoms with van der Waals surface area (Å²) in [5.74, 6) is -0.155. The molecule has 7 heteroatoms. The van der Waals surface area contributed by atoms with Crippen LogP contribution < -0.4 is 0 Å². The van der Waals surface area contributed by atoms with Gasteiger partial charge >= 0.3 is 0 Å². The van der Waals surface area contributed by atoms with Gasteiger partial charge in [-0.25, -0.2) is 0 Å². The van der Waals surface area contributed by atoms with E-state index >= 15 is 0 Å². The monoisotopic (exact) mass is 423 g/mol. The van der Waals surface area contributed by atoms with Crippen molar-refractivity contribution in [3.05, 3.63) is 70.4 Å². The first-order valence-corrected chi connectivity index (χ1v) is 10.5. The van der Waals surface area contributed by atoms with Gasteiger partial charge in [0.05, 0.1) is 12.6 Å². The van der Waals surface area contributed by atoms with E-state index in [1.807, 2.05) is 42.5 Å². The van der Waals surface area contributed by atoms with Crippen molar-refractivity contribution >= 4 is 34.3 Å². The molecule has 0 unspecified atom stereocenters. The lowest BCUT2D eigenvalue weighted by Crippen LogP contribution is -2.63. The molecule has 2 aromatic carbocycles. The van der Waals surface area contributed by atoms with Crippen LogP contribution in [0.4, 0.5) is 0 Å². The fourth-order valence-electron chi connectivity index (χ4n) is 4.80. The number of hydrogen-bond donors (Lipinski definition) is 2. The summed E-state index contributed by atoms with van der Waals surface area (Å²) in [6.07, 6.45) is 0.929. The molecule has 0 aliphatic carbocycles. The van der Waals surface area contributed by atoms with Crippen LogP contribution in [0, 0.1) is 0 Å². The van der Waals surface area contributed by atoms with Crippen molar-refractivity contribution in [2.24, 2.45) is 0 Å². The SMILES string of the molecule is O=C1[C@@H]2Cc3c([nH]c4ccccc34)[C@H](c3cccc(Cl)c3)N2C(=O)CN1CCCO. The van der Waals surface area contributed by atoms with E-state index in [2.05, 4.69) is 4.98 Å². The molecule has 6 nitrogen and oxygen atoms in total. The van der Waals surface area contributed by atoms with Gasteiger partial charge in [0, 0.05) is 41.2 Å². The first-order valence-electron chi connectivity index (χ1n) is 10.1. The van der Waals surface area contributed by atoms with Crippen molar-refractivity contribution in [3.63, 3.8) is 0 Å². The van der Waals surface area contributed by atoms with Crippen molar-refractivity contribution in [1.29, 1.82) is 0 Å². The van der Waals surface area contributed by atoms with Gasteiger partial charge in [-0.3, -0.25) is 9.59 Å². The van der Waals surface area contributed by atoms with Crippen LogP contribution in [0.1, 0.15) is 29.3 Å². The summed E-state index contributed by atoms with van der Waals surface area (Å²) in [4.78, 5) is 33.4. The molecule has 0 radical (unpaired) electrons. The highest BCUT2D eigenvalue weighted by Gasteiger charge is 2.48. The van der Waals surface area contributed by atoms with E-state index in [1.165, 1.54) is 0 Å². The summed E-state index contributed by atoms with van der Waals surface area (Å²) >= 11 is 6.28. The van der Waals surface area contributed by atoms with Gasteiger partial charge < -0.3 is 19.9 Å². The van der Waals surface area contributed by atoms with Crippen molar-refractivity contribution in [3.8, 4) is 0 Å². The molecule has 3 heterocycles. The van der Waals surface area contributed by atoms with Gasteiger partial charge in [-0.2, -0.15) is 0 Å². The minimum Gasteiger partial charge on any atom is -0.396 e. The number of carbonyl (C=O) groups is 2. The second kappa shape index (κ2) is 7.45. The van der Waals surface area contributed by atoms with E-state index in [-0.39, 0.29) is 25.0 Å². The molecule has 154 valence electrons. The molecule has 2 aliphatic rings. The molecule has 5 rings (SSSR count). The van der Waals surface area contributed by atoms with Crippen molar-refractivity contribution in [2.75, 3.05) is 19.7 Å². The zero-order chi connectivity index (χ0) is 20.8. The molecule has 0 spiro atoms. The summed E-state index contributed by atoms with van der Waals surface area (Å²) < 4.78 is 0. The fourth-order valence-corrected chi connectivity index (χ4v) is 5.00. The van der Waals surface area contributed by atoms with Gasteiger partial charge in [-0.15, -0.1) is 0 Å². The Morgan fingerprint density at radius 3 is 2.77 bits per heavy atom. The first kappa shape index (κ1) is 19.2. The van der Waals surface area contributed by atoms with Crippen LogP contribution in [0.15, 0.2) is 48.5 Å². The number of aromatic amines is 1. The number of amides is 2. The Hall–Kier alpha value is -2.83. The summed E-state index contributed by atoms with van der Waals surface area (Å²) in [6, 6.07) is 14.5. The van der Waals surface area contributed by atoms with Crippen molar-refractivity contribution < 1.29 is 14.7 Å². The van der Waals surface area contributed by atoms with E-state index in [0.717, 1.165) is 27.7 Å². The minimum absolute atomic E-state index is 0.00983. The van der Waals surface area contributed by atoms with E-state index in [1.54, 1.807) is 15.9 Å². The molecular formula is C23H22ClN3O3. The number of hydrogen-bond acceptors (Lipinski definition) is 3. The maximum atomic E-state index is 13.3. The Morgan fingerprint density at radius 2 is 1.97 bits per heavy atom. The summed E-state index contributed by atoms with van der Waals surface area (Å²) in [6.45, 7) is 0.403. The zero-order valence-corrected chi connectivity index (χ0v) is 17.1. The number of carbonyl (C=O) groups excluding carboxylic acids is 2. The van der Waals surface area contributed by atoms with Gasteiger partial charge in [-0.1, -0.05) is 41.9 Å². The third-order valence-corrected chi connectivity index (χ3v) is 6.33. The van der Waals surface area contributed by atoms with E-state index in [0.29, 0.717) is 24.4 Å². The third kappa shape index (κ3) is 2.99. The molecule has 2 aliphatic heterocycles. The lowest BCUT2D eigenvalue weighted by Gasteiger charge is -2.47. The minimum atomic E-state index is -0.569. The quantitative estimate of drug-likeness (QED) is 0.677. The first-order chi connectivity index (χ1) is 14.6. The van der Waals surface area contributed by atoms with Crippen molar-refractivity contribution in [2.45, 2.75) is 24.9 Å². The summed E-state index contributed by atoms with van der Waals surface area (Å²) in [5, 5.41) is 10.8. The van der Waals surface area contributed by atoms with Gasteiger partial charge in [0.25, 0.3) is 0 Å². The van der Waals surface area contributed by atoms with E-state index < -0.39 is 12.1 Å². The van der Waals surface area contributed by atoms with Crippen LogP contribution in [0.2, 0.25) is 5.02 Å². The van der Waals surface area contributed by atoms with Gasteiger partial charge in [0.1, 0.15) is 6.04 Å². The van der Waals surface area contributed by atoms with Gasteiger partial charge in [0.2, 0.25) is 11.8 Å². The molecule has 0 saturated carbocycles. The Balaban J connectivity index is 1.67. The number of aliphatic hydroxyl groups excluding tert-OH is 1. The fraction of sp³-hybridized carbons (Fsp3) is 0.304. The molecule has 2 N–H and O–H groups in total. The number of para-hydroxylation sites is 1. The summed E-state index contributed by atoms with van der Waals surface area (Å²) in [5.41, 5.74) is 3.89. The summed E-state index contributed by atoms with van der Waals surface area (Å²) in [7, 11) is 0. The average molecular weight is 424 g/mol. The molecule has 2 amide bonds. The van der Waals surface area contributed by atoms with Crippen LogP contribution in [-0.4, -0.2) is 57.4 Å². The van der Waals surface area contributed by atoms with Gasteiger partial charge in [0.15, 0.2) is 0 Å². The third-order valence-electron chi connectivity index (χ3n) is 6.09. The van der Waals surface area contributed by atoms with E-state index in [9.17, 15) is 9.59 Å². The molecule has 0 bridgehead atoms. The number of nitrogens with zero attached hydrogens (tertiary/aromatic N) is 2. The standard InChI is InChI=1S/C23H22ClN3O3/c24-15-6-3-5-14(11-15)22-21-17(16-7-1-2-8-18(16)25-21)12-19-23(30)26(9-4-10-28)13-20(29)27(19)22/h1-3,5-8,11,19,22,25,28H,4,9-10,12-13H2/t19-,22-/m0/s1. The Morgan fingerprint density at radius 1 is 1.13 bits per heavy atom. The number of piperazine rings is 1. The Kier molecular flexibility index (Phi) is 4.76. The zero-order valence-electron chi connectivity index (χ0n) is 16.3. The molecule has 30 heavy (non-hydrogen) atoms. The number of aromatic nitrogens is 1. The maximum absolute atomic E-state index is 13.3. The topological polar surface area (TPSA) is 76.6 Å². The highest BCUT2D eigenvalue weighted by molar-refractivity contribution is 6.30. The molecule has 2 atom stereocenters. The number of rotatable bonds is 4. The predicted molar refractivity (Wildman–Crippen MR) is 114 cm³/mol. The lowest BCUT2D eigenvalue weighted by atomic mass is 9.86. The van der Waals surface area contributed by atoms with Crippen LogP contribution in [0.5, 0.6) is 0 Å². The van der Waals surface area contributed by atoms with Crippen LogP contribution >= 0.6 is 11.6 Å². The Labute approximate surface area is 179 Å². The lowest BCUT2D eigenvalue weighted by molar-refractivity contribution is -0.158. The van der Waals surface area contributed by atoms with Crippen LogP contribution in [0.3, 0.4) is 0 Å². The maximum Gasteiger partial charge on any atom is 0.246 e. The predicted octanol–water partition coefficient (Wildman–Crippen LogP) is 2.89. The number of aliphatic hydroxyl groups is 1. The molecule has 1 saturated heterocycles. The highest BCUT2D eigenvalue weighted by atomic mass is 35.5. The smallest absolute Gasteiger partial charge is 0.246 e. The second-order valence-electron chi connectivity index (χ2n) is 7.88. The molecule has 1 aromatic heterocycles. The number of nitrogens with one attached hydrogen (secondary N) is 1. The average Bonchev–Trinajstić information content (AvgIpc) is 3.12. The van der Waals surface area contributed by atoms with Gasteiger partial charge in [-0.05, 0) is 35.7 Å².